The Balaban J connectivity index is 1.45. The number of nitrogens with zero attached hydrogens (tertiary/aromatic N) is 2. The largest absolute Gasteiger partial charge is 0.342 e. The van der Waals surface area contributed by atoms with Crippen molar-refractivity contribution in [3.8, 4) is 11.4 Å². The second-order valence-electron chi connectivity index (χ2n) is 8.14. The molecule has 0 bridgehead atoms. The van der Waals surface area contributed by atoms with Gasteiger partial charge in [0.25, 0.3) is 0 Å². The predicted molar refractivity (Wildman–Crippen MR) is 115 cm³/mol. The van der Waals surface area contributed by atoms with E-state index in [1.54, 1.807) is 0 Å². The van der Waals surface area contributed by atoms with E-state index in [0.29, 0.717) is 0 Å². The third-order valence-corrected chi connectivity index (χ3v) is 7.15. The first-order valence-electron chi connectivity index (χ1n) is 9.86. The normalized spacial score (nSPS) is 24.6. The maximum atomic E-state index is 6.97. The van der Waals surface area contributed by atoms with E-state index in [9.17, 15) is 0 Å². The lowest BCUT2D eigenvalue weighted by Crippen LogP contribution is -2.52. The molecule has 3 nitrogen and oxygen atoms in total. The van der Waals surface area contributed by atoms with Crippen LogP contribution in [0.4, 0.5) is 0 Å². The first kappa shape index (κ1) is 18.2. The molecule has 0 radical (unpaired) electrons. The van der Waals surface area contributed by atoms with Gasteiger partial charge in [0.2, 0.25) is 0 Å². The molecule has 144 valence electrons. The number of rotatable bonds is 2. The van der Waals surface area contributed by atoms with Gasteiger partial charge in [0.1, 0.15) is 11.3 Å². The monoisotopic (exact) mass is 411 g/mol. The molecule has 0 spiro atoms. The van der Waals surface area contributed by atoms with Gasteiger partial charge < -0.3 is 4.98 Å². The third kappa shape index (κ3) is 2.97. The summed E-state index contributed by atoms with van der Waals surface area (Å²) in [6, 6.07) is 16.4. The van der Waals surface area contributed by atoms with E-state index in [1.165, 1.54) is 16.8 Å². The van der Waals surface area contributed by atoms with Gasteiger partial charge in [-0.05, 0) is 49.4 Å². The number of fused-ring (bicyclic) bond motifs is 2. The van der Waals surface area contributed by atoms with Crippen molar-refractivity contribution in [1.29, 1.82) is 0 Å². The fourth-order valence-electron chi connectivity index (χ4n) is 4.74. The van der Waals surface area contributed by atoms with Crippen LogP contribution >= 0.6 is 23.2 Å². The molecule has 0 saturated carbocycles. The number of nitrogens with one attached hydrogen (secondary N) is 1. The zero-order valence-corrected chi connectivity index (χ0v) is 17.4. The third-order valence-electron chi connectivity index (χ3n) is 6.35. The van der Waals surface area contributed by atoms with E-state index >= 15 is 0 Å². The summed E-state index contributed by atoms with van der Waals surface area (Å²) >= 11 is 13.3. The Hall–Kier alpha value is -1.81. The van der Waals surface area contributed by atoms with Gasteiger partial charge in [-0.25, -0.2) is 4.98 Å². The van der Waals surface area contributed by atoms with Gasteiger partial charge in [0, 0.05) is 29.8 Å². The molecule has 5 heteroatoms. The summed E-state index contributed by atoms with van der Waals surface area (Å²) in [7, 11) is 0. The quantitative estimate of drug-likeness (QED) is 0.428. The number of hydrogen-bond donors (Lipinski definition) is 1. The summed E-state index contributed by atoms with van der Waals surface area (Å²) in [6.07, 6.45) is 3.98. The average molecular weight is 412 g/mol. The Labute approximate surface area is 175 Å². The number of imidazole rings is 1. The number of halogens is 2. The van der Waals surface area contributed by atoms with Crippen LogP contribution in [-0.4, -0.2) is 27.0 Å². The number of alkyl halides is 1. The average Bonchev–Trinajstić information content (AvgIpc) is 3.11. The number of hydrogen-bond acceptors (Lipinski definition) is 2. The van der Waals surface area contributed by atoms with E-state index in [1.807, 2.05) is 24.3 Å². The van der Waals surface area contributed by atoms with Crippen LogP contribution < -0.4 is 0 Å². The van der Waals surface area contributed by atoms with Crippen LogP contribution in [0.2, 0.25) is 5.02 Å². The molecule has 2 unspecified atom stereocenters. The maximum Gasteiger partial charge on any atom is 0.139 e. The number of H-pyrrole nitrogens is 1. The minimum Gasteiger partial charge on any atom is -0.342 e. The molecule has 2 aliphatic rings. The topological polar surface area (TPSA) is 31.9 Å². The molecule has 1 aliphatic heterocycles. The highest BCUT2D eigenvalue weighted by atomic mass is 35.5. The lowest BCUT2D eigenvalue weighted by molar-refractivity contribution is 0.0664. The number of aromatic nitrogens is 2. The van der Waals surface area contributed by atoms with Crippen molar-refractivity contribution in [2.24, 2.45) is 0 Å². The number of aromatic amines is 1. The molecule has 5 rings (SSSR count). The molecule has 1 N–H and O–H groups in total. The van der Waals surface area contributed by atoms with Crippen LogP contribution in [0.3, 0.4) is 0 Å². The smallest absolute Gasteiger partial charge is 0.139 e. The van der Waals surface area contributed by atoms with Crippen molar-refractivity contribution in [3.63, 3.8) is 0 Å². The summed E-state index contributed by atoms with van der Waals surface area (Å²) in [6.45, 7) is 3.33. The molecule has 0 saturated heterocycles. The predicted octanol–water partition coefficient (Wildman–Crippen LogP) is 5.77. The van der Waals surface area contributed by atoms with Crippen LogP contribution in [0, 0.1) is 0 Å². The van der Waals surface area contributed by atoms with Crippen molar-refractivity contribution in [2.75, 3.05) is 6.54 Å². The zero-order valence-electron chi connectivity index (χ0n) is 15.9. The van der Waals surface area contributed by atoms with E-state index in [-0.39, 0.29) is 11.0 Å². The van der Waals surface area contributed by atoms with Crippen LogP contribution in [0.1, 0.15) is 41.4 Å². The maximum absolute atomic E-state index is 6.97. The fourth-order valence-corrected chi connectivity index (χ4v) is 5.51. The summed E-state index contributed by atoms with van der Waals surface area (Å²) in [5.41, 5.74) is 5.90. The van der Waals surface area contributed by atoms with Gasteiger partial charge in [-0.2, -0.15) is 0 Å². The lowest BCUT2D eigenvalue weighted by Gasteiger charge is -2.48. The minimum atomic E-state index is -0.0811. The van der Waals surface area contributed by atoms with E-state index in [4.69, 9.17) is 28.2 Å². The van der Waals surface area contributed by atoms with Gasteiger partial charge in [0.15, 0.2) is 0 Å². The van der Waals surface area contributed by atoms with E-state index < -0.39 is 0 Å². The highest BCUT2D eigenvalue weighted by Crippen LogP contribution is 2.43. The van der Waals surface area contributed by atoms with Crippen LogP contribution in [-0.2, 0) is 19.3 Å². The summed E-state index contributed by atoms with van der Waals surface area (Å²) in [5.74, 6) is 0.867. The summed E-state index contributed by atoms with van der Waals surface area (Å²) in [5, 5.41) is 0.727. The summed E-state index contributed by atoms with van der Waals surface area (Å²) < 4.78 is 0. The van der Waals surface area contributed by atoms with Gasteiger partial charge in [-0.1, -0.05) is 48.0 Å². The van der Waals surface area contributed by atoms with Gasteiger partial charge >= 0.3 is 0 Å². The lowest BCUT2D eigenvalue weighted by atomic mass is 9.80. The van der Waals surface area contributed by atoms with E-state index in [2.05, 4.69) is 41.1 Å². The zero-order chi connectivity index (χ0) is 19.3. The van der Waals surface area contributed by atoms with E-state index in [0.717, 1.165) is 54.3 Å². The fraction of sp³-hybridized carbons (Fsp3) is 0.348. The first-order chi connectivity index (χ1) is 13.5. The van der Waals surface area contributed by atoms with Crippen molar-refractivity contribution >= 4 is 23.2 Å². The first-order valence-corrected chi connectivity index (χ1v) is 10.7. The highest BCUT2D eigenvalue weighted by Gasteiger charge is 2.42. The van der Waals surface area contributed by atoms with Gasteiger partial charge in [0.05, 0.1) is 10.7 Å². The number of benzene rings is 2. The molecule has 2 atom stereocenters. The van der Waals surface area contributed by atoms with Crippen molar-refractivity contribution < 1.29 is 0 Å². The molecule has 1 aromatic heterocycles. The molecule has 1 aliphatic carbocycles. The molecule has 0 amide bonds. The van der Waals surface area contributed by atoms with Crippen LogP contribution in [0.15, 0.2) is 48.5 Å². The Morgan fingerprint density at radius 1 is 1.11 bits per heavy atom. The second-order valence-corrected chi connectivity index (χ2v) is 8.96. The van der Waals surface area contributed by atoms with Crippen molar-refractivity contribution in [2.45, 2.75) is 43.6 Å². The Bertz CT molecular complexity index is 1030. The molecule has 2 heterocycles. The highest BCUT2D eigenvalue weighted by molar-refractivity contribution is 6.33. The van der Waals surface area contributed by atoms with Crippen molar-refractivity contribution in [3.05, 3.63) is 76.1 Å². The standard InChI is InChI=1S/C23H23Cl2N3/c1-23(28-13-11-15-6-2-3-7-16(15)21(28)25)12-10-19-20(14-23)27-22(26-19)17-8-4-5-9-18(17)24/h2-9,21H,10-14H2,1H3,(H,26,27). The van der Waals surface area contributed by atoms with Crippen LogP contribution in [0.25, 0.3) is 11.4 Å². The molecular weight excluding hydrogens is 389 g/mol. The Morgan fingerprint density at radius 3 is 2.75 bits per heavy atom. The van der Waals surface area contributed by atoms with Gasteiger partial charge in [-0.15, -0.1) is 11.6 Å². The molecule has 0 fully saturated rings. The number of aryl methyl sites for hydroxylation is 1. The van der Waals surface area contributed by atoms with Crippen LogP contribution in [0.5, 0.6) is 0 Å². The minimum absolute atomic E-state index is 0.0111. The van der Waals surface area contributed by atoms with Gasteiger partial charge in [-0.3, -0.25) is 4.90 Å². The molecule has 2 aromatic carbocycles. The molecular formula is C23H23Cl2N3. The summed E-state index contributed by atoms with van der Waals surface area (Å²) in [4.78, 5) is 10.9. The second kappa shape index (κ2) is 6.91. The molecule has 28 heavy (non-hydrogen) atoms. The SMILES string of the molecule is CC1(N2CCc3ccccc3C2Cl)CCc2nc(-c3ccccc3Cl)[nH]c2C1. The Kier molecular flexibility index (Phi) is 4.50. The van der Waals surface area contributed by atoms with Crippen molar-refractivity contribution in [1.82, 2.24) is 14.9 Å². The molecule has 3 aromatic rings. The Morgan fingerprint density at radius 2 is 1.89 bits per heavy atom.